The number of aryl methyl sites for hydroxylation is 2. The number of carbonyl (C=O) groups excluding carboxylic acids is 3. The van der Waals surface area contributed by atoms with E-state index in [2.05, 4.69) is 10.5 Å². The van der Waals surface area contributed by atoms with Crippen LogP contribution in [0.5, 0.6) is 0 Å². The van der Waals surface area contributed by atoms with Crippen molar-refractivity contribution in [3.63, 3.8) is 0 Å². The molecule has 132 valence electrons. The van der Waals surface area contributed by atoms with Crippen LogP contribution in [0, 0.1) is 13.8 Å². The summed E-state index contributed by atoms with van der Waals surface area (Å²) in [5.41, 5.74) is 5.47. The third kappa shape index (κ3) is 3.70. The van der Waals surface area contributed by atoms with Crippen molar-refractivity contribution in [3.05, 3.63) is 34.9 Å². The molecule has 1 aromatic rings. The molecule has 0 unspecified atom stereocenters. The monoisotopic (exact) mass is 342 g/mol. The van der Waals surface area contributed by atoms with Crippen molar-refractivity contribution in [3.8, 4) is 0 Å². The largest absolute Gasteiger partial charge is 0.335 e. The second-order valence-electron chi connectivity index (χ2n) is 6.50. The average Bonchev–Trinajstić information content (AvgIpc) is 2.63. The third-order valence-electron chi connectivity index (χ3n) is 4.63. The van der Waals surface area contributed by atoms with Crippen LogP contribution >= 0.6 is 0 Å². The summed E-state index contributed by atoms with van der Waals surface area (Å²) >= 11 is 0. The van der Waals surface area contributed by atoms with E-state index in [9.17, 15) is 14.4 Å². The summed E-state index contributed by atoms with van der Waals surface area (Å²) in [6.07, 6.45) is 0.655. The fourth-order valence-electron chi connectivity index (χ4n) is 3.06. The summed E-state index contributed by atoms with van der Waals surface area (Å²) in [5, 5.41) is 3.85. The van der Waals surface area contributed by atoms with Crippen LogP contribution in [0.4, 0.5) is 0 Å². The molecule has 7 nitrogen and oxygen atoms in total. The maximum Gasteiger partial charge on any atom is 0.270 e. The number of amides is 3. The first-order valence-electron chi connectivity index (χ1n) is 8.47. The zero-order valence-electron chi connectivity index (χ0n) is 14.5. The quantitative estimate of drug-likeness (QED) is 0.865. The molecule has 2 aliphatic heterocycles. The topological polar surface area (TPSA) is 82.1 Å². The van der Waals surface area contributed by atoms with E-state index in [1.54, 1.807) is 9.80 Å². The number of benzene rings is 1. The van der Waals surface area contributed by atoms with Gasteiger partial charge in [0.05, 0.1) is 0 Å². The van der Waals surface area contributed by atoms with Crippen LogP contribution < -0.4 is 5.43 Å². The molecule has 2 aliphatic rings. The van der Waals surface area contributed by atoms with Crippen LogP contribution in [-0.4, -0.2) is 59.4 Å². The maximum absolute atomic E-state index is 12.7. The molecule has 3 rings (SSSR count). The average molecular weight is 342 g/mol. The number of hydrogen-bond donors (Lipinski definition) is 1. The van der Waals surface area contributed by atoms with Crippen molar-refractivity contribution < 1.29 is 14.4 Å². The number of nitrogens with zero attached hydrogens (tertiary/aromatic N) is 3. The van der Waals surface area contributed by atoms with E-state index in [1.165, 1.54) is 0 Å². The maximum atomic E-state index is 12.7. The fourth-order valence-corrected chi connectivity index (χ4v) is 3.06. The molecule has 25 heavy (non-hydrogen) atoms. The second kappa shape index (κ2) is 7.04. The number of carbonyl (C=O) groups is 3. The predicted octanol–water partition coefficient (Wildman–Crippen LogP) is 0.854. The highest BCUT2D eigenvalue weighted by molar-refractivity contribution is 6.39. The zero-order valence-corrected chi connectivity index (χ0v) is 14.5. The molecule has 2 heterocycles. The van der Waals surface area contributed by atoms with Crippen molar-refractivity contribution in [2.45, 2.75) is 26.7 Å². The van der Waals surface area contributed by atoms with Gasteiger partial charge in [0.15, 0.2) is 0 Å². The molecular formula is C18H22N4O3. The summed E-state index contributed by atoms with van der Waals surface area (Å²) in [4.78, 5) is 39.8. The Kier molecular flexibility index (Phi) is 4.83. The van der Waals surface area contributed by atoms with E-state index >= 15 is 0 Å². The van der Waals surface area contributed by atoms with Gasteiger partial charge in [0.2, 0.25) is 5.91 Å². The van der Waals surface area contributed by atoms with Crippen LogP contribution in [0.15, 0.2) is 23.3 Å². The van der Waals surface area contributed by atoms with Crippen molar-refractivity contribution in [2.75, 3.05) is 26.2 Å². The number of hydrazone groups is 1. The first-order chi connectivity index (χ1) is 12.0. The highest BCUT2D eigenvalue weighted by atomic mass is 16.2. The van der Waals surface area contributed by atoms with E-state index in [1.807, 2.05) is 32.0 Å². The lowest BCUT2D eigenvalue weighted by Crippen LogP contribution is -2.52. The molecule has 0 radical (unpaired) electrons. The van der Waals surface area contributed by atoms with Gasteiger partial charge in [-0.3, -0.25) is 14.4 Å². The van der Waals surface area contributed by atoms with Gasteiger partial charge in [-0.05, 0) is 25.5 Å². The van der Waals surface area contributed by atoms with E-state index in [0.717, 1.165) is 16.7 Å². The Hall–Kier alpha value is -2.70. The molecule has 0 bridgehead atoms. The summed E-state index contributed by atoms with van der Waals surface area (Å²) in [6, 6.07) is 5.86. The minimum atomic E-state index is -0.166. The van der Waals surface area contributed by atoms with Gasteiger partial charge in [-0.25, -0.2) is 5.43 Å². The van der Waals surface area contributed by atoms with Gasteiger partial charge in [-0.1, -0.05) is 17.7 Å². The van der Waals surface area contributed by atoms with Crippen LogP contribution in [0.2, 0.25) is 0 Å². The molecule has 1 aromatic carbocycles. The van der Waals surface area contributed by atoms with Gasteiger partial charge in [0, 0.05) is 44.6 Å². The Morgan fingerprint density at radius 1 is 1.00 bits per heavy atom. The Morgan fingerprint density at radius 3 is 2.24 bits per heavy atom. The number of rotatable bonds is 2. The van der Waals surface area contributed by atoms with Gasteiger partial charge in [0.25, 0.3) is 11.8 Å². The number of hydrogen-bond acceptors (Lipinski definition) is 4. The summed E-state index contributed by atoms with van der Waals surface area (Å²) in [5.74, 6) is -0.310. The van der Waals surface area contributed by atoms with Crippen LogP contribution in [-0.2, 0) is 9.59 Å². The minimum Gasteiger partial charge on any atom is -0.335 e. The van der Waals surface area contributed by atoms with Crippen molar-refractivity contribution in [1.29, 1.82) is 0 Å². The lowest BCUT2D eigenvalue weighted by atomic mass is 10.0. The van der Waals surface area contributed by atoms with Gasteiger partial charge in [-0.15, -0.1) is 0 Å². The molecular weight excluding hydrogens is 320 g/mol. The first-order valence-corrected chi connectivity index (χ1v) is 8.47. The molecule has 0 saturated carbocycles. The Labute approximate surface area is 146 Å². The van der Waals surface area contributed by atoms with Crippen LogP contribution in [0.25, 0.3) is 0 Å². The summed E-state index contributed by atoms with van der Waals surface area (Å²) in [6.45, 7) is 5.85. The van der Waals surface area contributed by atoms with Crippen LogP contribution in [0.3, 0.4) is 0 Å². The molecule has 0 spiro atoms. The normalized spacial score (nSPS) is 17.8. The van der Waals surface area contributed by atoms with Crippen molar-refractivity contribution in [2.24, 2.45) is 5.10 Å². The lowest BCUT2D eigenvalue weighted by molar-refractivity contribution is -0.126. The Morgan fingerprint density at radius 2 is 1.64 bits per heavy atom. The molecule has 1 N–H and O–H groups in total. The highest BCUT2D eigenvalue weighted by Crippen LogP contribution is 2.15. The molecule has 1 fully saturated rings. The molecule has 7 heteroatoms. The second-order valence-corrected chi connectivity index (χ2v) is 6.50. The van der Waals surface area contributed by atoms with Gasteiger partial charge in [-0.2, -0.15) is 5.10 Å². The number of piperazine rings is 1. The Bertz CT molecular complexity index is 749. The first kappa shape index (κ1) is 17.1. The van der Waals surface area contributed by atoms with Gasteiger partial charge >= 0.3 is 0 Å². The predicted molar refractivity (Wildman–Crippen MR) is 93.2 cm³/mol. The smallest absolute Gasteiger partial charge is 0.270 e. The summed E-state index contributed by atoms with van der Waals surface area (Å²) < 4.78 is 0. The van der Waals surface area contributed by atoms with E-state index in [0.29, 0.717) is 38.3 Å². The highest BCUT2D eigenvalue weighted by Gasteiger charge is 2.29. The standard InChI is InChI=1S/C18H22N4O3/c1-12-3-4-13(2)14(11-12)17(24)21-7-9-22(10-8-21)18(25)15-5-6-16(23)20-19-15/h3-4,11H,5-10H2,1-2H3,(H,20,23). The van der Waals surface area contributed by atoms with Crippen molar-refractivity contribution in [1.82, 2.24) is 15.2 Å². The SMILES string of the molecule is Cc1ccc(C)c(C(=O)N2CCN(C(=O)C3=NNC(=O)CC3)CC2)c1. The molecule has 0 aliphatic carbocycles. The third-order valence-corrected chi connectivity index (χ3v) is 4.63. The van der Waals surface area contributed by atoms with E-state index < -0.39 is 0 Å². The molecule has 0 atom stereocenters. The molecule has 1 saturated heterocycles. The van der Waals surface area contributed by atoms with Crippen molar-refractivity contribution >= 4 is 23.4 Å². The fraction of sp³-hybridized carbons (Fsp3) is 0.444. The Balaban J connectivity index is 1.62. The number of nitrogens with one attached hydrogen (secondary N) is 1. The van der Waals surface area contributed by atoms with Gasteiger partial charge < -0.3 is 9.80 Å². The minimum absolute atomic E-state index is 0.00979. The van der Waals surface area contributed by atoms with E-state index in [4.69, 9.17) is 0 Å². The van der Waals surface area contributed by atoms with Gasteiger partial charge in [0.1, 0.15) is 5.71 Å². The molecule has 0 aromatic heterocycles. The van der Waals surface area contributed by atoms with E-state index in [-0.39, 0.29) is 24.1 Å². The van der Waals surface area contributed by atoms with Crippen LogP contribution in [0.1, 0.15) is 34.3 Å². The summed E-state index contributed by atoms with van der Waals surface area (Å²) in [7, 11) is 0. The molecule has 3 amide bonds. The lowest BCUT2D eigenvalue weighted by Gasteiger charge is -2.35. The zero-order chi connectivity index (χ0) is 18.0.